The normalized spacial score (nSPS) is 11.7. The summed E-state index contributed by atoms with van der Waals surface area (Å²) in [6, 6.07) is 12.8. The van der Waals surface area contributed by atoms with E-state index in [2.05, 4.69) is 14.7 Å². The van der Waals surface area contributed by atoms with Crippen molar-refractivity contribution in [3.05, 3.63) is 59.4 Å². The highest BCUT2D eigenvalue weighted by Crippen LogP contribution is 2.19. The summed E-state index contributed by atoms with van der Waals surface area (Å²) in [5.74, 6) is 0.754. The fraction of sp³-hybridized carbons (Fsp3) is 0.188. The Morgan fingerprint density at radius 2 is 1.95 bits per heavy atom. The molecule has 1 aromatic heterocycles. The number of H-pyrrole nitrogens is 1. The van der Waals surface area contributed by atoms with E-state index in [4.69, 9.17) is 0 Å². The zero-order valence-corrected chi connectivity index (χ0v) is 13.2. The first-order chi connectivity index (χ1) is 10.4. The lowest BCUT2D eigenvalue weighted by molar-refractivity contribution is 0.600. The van der Waals surface area contributed by atoms with Gasteiger partial charge >= 0.3 is 0 Å². The molecule has 0 saturated carbocycles. The fourth-order valence-electron chi connectivity index (χ4n) is 2.44. The SMILES string of the molecule is Cc1cccc(CS(=O)(=O)Nc2ccc3nc(C)[nH]c3c2)c1. The van der Waals surface area contributed by atoms with Crippen LogP contribution in [0.4, 0.5) is 5.69 Å². The van der Waals surface area contributed by atoms with Gasteiger partial charge in [0.1, 0.15) is 5.82 Å². The number of rotatable bonds is 4. The van der Waals surface area contributed by atoms with Crippen LogP contribution in [0, 0.1) is 13.8 Å². The van der Waals surface area contributed by atoms with E-state index in [9.17, 15) is 8.42 Å². The topological polar surface area (TPSA) is 74.8 Å². The number of aryl methyl sites for hydroxylation is 2. The molecule has 114 valence electrons. The van der Waals surface area contributed by atoms with Crippen LogP contribution in [0.3, 0.4) is 0 Å². The molecule has 3 aromatic rings. The average molecular weight is 315 g/mol. The molecule has 3 rings (SSSR count). The van der Waals surface area contributed by atoms with Gasteiger partial charge in [-0.2, -0.15) is 0 Å². The van der Waals surface area contributed by atoms with E-state index < -0.39 is 10.0 Å². The zero-order chi connectivity index (χ0) is 15.7. The summed E-state index contributed by atoms with van der Waals surface area (Å²) in [5.41, 5.74) is 3.98. The second-order valence-electron chi connectivity index (χ2n) is 5.40. The molecule has 2 aromatic carbocycles. The van der Waals surface area contributed by atoms with Crippen LogP contribution in [0.2, 0.25) is 0 Å². The van der Waals surface area contributed by atoms with Gasteiger partial charge in [-0.15, -0.1) is 0 Å². The second-order valence-corrected chi connectivity index (χ2v) is 7.13. The molecule has 2 N–H and O–H groups in total. The summed E-state index contributed by atoms with van der Waals surface area (Å²) in [4.78, 5) is 7.39. The molecule has 0 aliphatic rings. The third kappa shape index (κ3) is 3.28. The maximum absolute atomic E-state index is 12.3. The van der Waals surface area contributed by atoms with E-state index in [1.54, 1.807) is 18.2 Å². The molecule has 22 heavy (non-hydrogen) atoms. The zero-order valence-electron chi connectivity index (χ0n) is 12.4. The van der Waals surface area contributed by atoms with E-state index in [1.165, 1.54) is 0 Å². The minimum absolute atomic E-state index is 0.0469. The first kappa shape index (κ1) is 14.6. The van der Waals surface area contributed by atoms with E-state index in [-0.39, 0.29) is 5.75 Å². The van der Waals surface area contributed by atoms with Crippen molar-refractivity contribution in [2.75, 3.05) is 4.72 Å². The number of fused-ring (bicyclic) bond motifs is 1. The molecule has 0 unspecified atom stereocenters. The lowest BCUT2D eigenvalue weighted by Crippen LogP contribution is -2.15. The Morgan fingerprint density at radius 1 is 1.14 bits per heavy atom. The molecule has 6 heteroatoms. The quantitative estimate of drug-likeness (QED) is 0.777. The number of nitrogens with one attached hydrogen (secondary N) is 2. The van der Waals surface area contributed by atoms with Crippen molar-refractivity contribution >= 4 is 26.7 Å². The lowest BCUT2D eigenvalue weighted by Gasteiger charge is -2.08. The Hall–Kier alpha value is -2.34. The van der Waals surface area contributed by atoms with Crippen molar-refractivity contribution in [1.29, 1.82) is 0 Å². The van der Waals surface area contributed by atoms with Crippen LogP contribution in [0.5, 0.6) is 0 Å². The van der Waals surface area contributed by atoms with Gasteiger partial charge in [0.15, 0.2) is 0 Å². The molecule has 0 saturated heterocycles. The summed E-state index contributed by atoms with van der Waals surface area (Å²) >= 11 is 0. The van der Waals surface area contributed by atoms with E-state index in [0.29, 0.717) is 5.69 Å². The standard InChI is InChI=1S/C16H17N3O2S/c1-11-4-3-5-13(8-11)10-22(20,21)19-14-6-7-15-16(9-14)18-12(2)17-15/h3-9,19H,10H2,1-2H3,(H,17,18). The largest absolute Gasteiger partial charge is 0.342 e. The highest BCUT2D eigenvalue weighted by Gasteiger charge is 2.12. The molecule has 0 spiro atoms. The maximum Gasteiger partial charge on any atom is 0.236 e. The van der Waals surface area contributed by atoms with Crippen molar-refractivity contribution in [3.63, 3.8) is 0 Å². The number of hydrogen-bond acceptors (Lipinski definition) is 3. The monoisotopic (exact) mass is 315 g/mol. The first-order valence-corrected chi connectivity index (χ1v) is 8.59. The van der Waals surface area contributed by atoms with Gasteiger partial charge in [-0.05, 0) is 37.6 Å². The minimum Gasteiger partial charge on any atom is -0.342 e. The first-order valence-electron chi connectivity index (χ1n) is 6.94. The van der Waals surface area contributed by atoms with Crippen LogP contribution in [0.15, 0.2) is 42.5 Å². The van der Waals surface area contributed by atoms with E-state index >= 15 is 0 Å². The summed E-state index contributed by atoms with van der Waals surface area (Å²) in [6.07, 6.45) is 0. The van der Waals surface area contributed by atoms with Gasteiger partial charge in [0.05, 0.1) is 22.5 Å². The molecule has 0 aliphatic carbocycles. The third-order valence-electron chi connectivity index (χ3n) is 3.31. The lowest BCUT2D eigenvalue weighted by atomic mass is 10.2. The number of sulfonamides is 1. The van der Waals surface area contributed by atoms with Gasteiger partial charge in [0, 0.05) is 0 Å². The van der Waals surface area contributed by atoms with Crippen LogP contribution in [0.1, 0.15) is 17.0 Å². The van der Waals surface area contributed by atoms with Gasteiger partial charge in [-0.25, -0.2) is 13.4 Å². The molecule has 0 amide bonds. The van der Waals surface area contributed by atoms with Gasteiger partial charge < -0.3 is 4.98 Å². The summed E-state index contributed by atoms with van der Waals surface area (Å²) in [6.45, 7) is 3.81. The Kier molecular flexibility index (Phi) is 3.62. The fourth-order valence-corrected chi connectivity index (χ4v) is 3.61. The number of aromatic nitrogens is 2. The van der Waals surface area contributed by atoms with Crippen LogP contribution < -0.4 is 4.72 Å². The number of hydrogen-bond donors (Lipinski definition) is 2. The molecule has 5 nitrogen and oxygen atoms in total. The Bertz CT molecular complexity index is 929. The van der Waals surface area contributed by atoms with Gasteiger partial charge in [0.25, 0.3) is 0 Å². The highest BCUT2D eigenvalue weighted by molar-refractivity contribution is 7.91. The van der Waals surface area contributed by atoms with Crippen molar-refractivity contribution in [1.82, 2.24) is 9.97 Å². The predicted molar refractivity (Wildman–Crippen MR) is 88.3 cm³/mol. The highest BCUT2D eigenvalue weighted by atomic mass is 32.2. The maximum atomic E-state index is 12.3. The predicted octanol–water partition coefficient (Wildman–Crippen LogP) is 3.12. The number of aromatic amines is 1. The molecular formula is C16H17N3O2S. The van der Waals surface area contributed by atoms with Gasteiger partial charge in [0.2, 0.25) is 10.0 Å². The molecule has 0 bridgehead atoms. The van der Waals surface area contributed by atoms with E-state index in [1.807, 2.05) is 38.1 Å². The summed E-state index contributed by atoms with van der Waals surface area (Å²) in [5, 5.41) is 0. The molecular weight excluding hydrogens is 298 g/mol. The van der Waals surface area contributed by atoms with Gasteiger partial charge in [-0.1, -0.05) is 29.8 Å². The molecule has 0 radical (unpaired) electrons. The van der Waals surface area contributed by atoms with Crippen molar-refractivity contribution in [2.45, 2.75) is 19.6 Å². The number of nitrogens with zero attached hydrogens (tertiary/aromatic N) is 1. The van der Waals surface area contributed by atoms with Crippen LogP contribution >= 0.6 is 0 Å². The molecule has 1 heterocycles. The Labute approximate surface area is 129 Å². The van der Waals surface area contributed by atoms with Crippen molar-refractivity contribution < 1.29 is 8.42 Å². The smallest absolute Gasteiger partial charge is 0.236 e. The third-order valence-corrected chi connectivity index (χ3v) is 4.57. The molecule has 0 atom stereocenters. The summed E-state index contributed by atoms with van der Waals surface area (Å²) in [7, 11) is -3.45. The van der Waals surface area contributed by atoms with Crippen LogP contribution in [0.25, 0.3) is 11.0 Å². The Balaban J connectivity index is 1.83. The summed E-state index contributed by atoms with van der Waals surface area (Å²) < 4.78 is 27.2. The van der Waals surface area contributed by atoms with E-state index in [0.717, 1.165) is 28.0 Å². The number of imidazole rings is 1. The average Bonchev–Trinajstić information content (AvgIpc) is 2.77. The number of anilines is 1. The van der Waals surface area contributed by atoms with Gasteiger partial charge in [-0.3, -0.25) is 4.72 Å². The van der Waals surface area contributed by atoms with Crippen LogP contribution in [-0.4, -0.2) is 18.4 Å². The molecule has 0 aliphatic heterocycles. The Morgan fingerprint density at radius 3 is 2.73 bits per heavy atom. The van der Waals surface area contributed by atoms with Crippen LogP contribution in [-0.2, 0) is 15.8 Å². The number of benzene rings is 2. The molecule has 0 fully saturated rings. The van der Waals surface area contributed by atoms with Crippen molar-refractivity contribution in [3.8, 4) is 0 Å². The minimum atomic E-state index is -3.45. The van der Waals surface area contributed by atoms with Crippen molar-refractivity contribution in [2.24, 2.45) is 0 Å². The second kappa shape index (κ2) is 5.46.